The number of aromatic nitrogens is 1. The molecule has 2 aromatic carbocycles. The summed E-state index contributed by atoms with van der Waals surface area (Å²) < 4.78 is 8.17. The standard InChI is InChI=1S/C30H30BrN3O4S/c1-6-8-21-24(29(37)38-7-2)25(18-11-9-17(10-12-18)16(3)4)34-28(36)26(39-30(34)32-21)23-20-15-19(31)13-14-22(20)33(5)27(23)35/h9-16,25H,6-8H2,1-5H3/b26-23-/t25-/m0/s1. The van der Waals surface area contributed by atoms with Crippen molar-refractivity contribution in [1.82, 2.24) is 4.57 Å². The molecule has 3 heterocycles. The third-order valence-corrected chi connectivity index (χ3v) is 8.67. The Morgan fingerprint density at radius 1 is 1.13 bits per heavy atom. The number of carbonyl (C=O) groups excluding carboxylic acids is 2. The van der Waals surface area contributed by atoms with Crippen molar-refractivity contribution in [2.24, 2.45) is 4.99 Å². The van der Waals surface area contributed by atoms with Crippen LogP contribution in [0.5, 0.6) is 0 Å². The second kappa shape index (κ2) is 10.7. The fourth-order valence-corrected chi connectivity index (χ4v) is 6.63. The summed E-state index contributed by atoms with van der Waals surface area (Å²) >= 11 is 4.70. The lowest BCUT2D eigenvalue weighted by molar-refractivity contribution is -0.139. The van der Waals surface area contributed by atoms with Crippen molar-refractivity contribution < 1.29 is 14.3 Å². The van der Waals surface area contributed by atoms with E-state index < -0.39 is 12.0 Å². The van der Waals surface area contributed by atoms with Crippen LogP contribution in [0.3, 0.4) is 0 Å². The number of halogens is 1. The second-order valence-corrected chi connectivity index (χ2v) is 11.8. The number of anilines is 1. The molecule has 7 nitrogen and oxygen atoms in total. The first-order valence-electron chi connectivity index (χ1n) is 13.1. The first-order valence-corrected chi connectivity index (χ1v) is 14.7. The SMILES string of the molecule is CCCC1=C(C(=O)OCC)[C@H](c2ccc(C(C)C)cc2)n2c(s/c(=C3\C(=O)N(C)c4ccc(Br)cc43)c2=O)=N1. The molecule has 0 fully saturated rings. The number of carbonyl (C=O) groups is 2. The average Bonchev–Trinajstić information content (AvgIpc) is 3.35. The Bertz CT molecular complexity index is 1700. The molecule has 39 heavy (non-hydrogen) atoms. The van der Waals surface area contributed by atoms with Gasteiger partial charge in [0.25, 0.3) is 11.5 Å². The Morgan fingerprint density at radius 3 is 2.49 bits per heavy atom. The van der Waals surface area contributed by atoms with Crippen molar-refractivity contribution in [3.8, 4) is 0 Å². The fourth-order valence-electron chi connectivity index (χ4n) is 5.16. The van der Waals surface area contributed by atoms with Crippen LogP contribution >= 0.6 is 27.3 Å². The van der Waals surface area contributed by atoms with Crippen LogP contribution in [-0.4, -0.2) is 30.1 Å². The van der Waals surface area contributed by atoms with Crippen molar-refractivity contribution in [2.75, 3.05) is 18.6 Å². The maximum atomic E-state index is 14.2. The minimum Gasteiger partial charge on any atom is -0.463 e. The normalized spacial score (nSPS) is 17.9. The van der Waals surface area contributed by atoms with Gasteiger partial charge < -0.3 is 9.64 Å². The van der Waals surface area contributed by atoms with E-state index in [2.05, 4.69) is 29.8 Å². The number of ether oxygens (including phenoxy) is 1. The number of hydrogen-bond acceptors (Lipinski definition) is 6. The number of thiazole rings is 1. The molecule has 0 spiro atoms. The van der Waals surface area contributed by atoms with Crippen LogP contribution in [0.25, 0.3) is 5.57 Å². The van der Waals surface area contributed by atoms with Crippen LogP contribution in [0, 0.1) is 0 Å². The molecule has 0 aliphatic carbocycles. The van der Waals surface area contributed by atoms with Crippen LogP contribution in [0.15, 0.2) is 68.0 Å². The number of benzene rings is 2. The number of esters is 1. The molecule has 3 aromatic rings. The van der Waals surface area contributed by atoms with Crippen molar-refractivity contribution in [2.45, 2.75) is 52.5 Å². The maximum Gasteiger partial charge on any atom is 0.338 e. The third kappa shape index (κ3) is 4.61. The molecule has 0 saturated heterocycles. The highest BCUT2D eigenvalue weighted by atomic mass is 79.9. The van der Waals surface area contributed by atoms with Gasteiger partial charge in [-0.1, -0.05) is 78.7 Å². The predicted molar refractivity (Wildman–Crippen MR) is 157 cm³/mol. The lowest BCUT2D eigenvalue weighted by Gasteiger charge is -2.26. The minimum atomic E-state index is -0.714. The van der Waals surface area contributed by atoms with Gasteiger partial charge in [-0.3, -0.25) is 14.2 Å². The largest absolute Gasteiger partial charge is 0.463 e. The first kappa shape index (κ1) is 27.3. The van der Waals surface area contributed by atoms with E-state index >= 15 is 0 Å². The van der Waals surface area contributed by atoms with Gasteiger partial charge in [-0.25, -0.2) is 9.79 Å². The predicted octanol–water partition coefficient (Wildman–Crippen LogP) is 4.81. The summed E-state index contributed by atoms with van der Waals surface area (Å²) in [6.07, 6.45) is 1.33. The number of hydrogen-bond donors (Lipinski definition) is 0. The summed E-state index contributed by atoms with van der Waals surface area (Å²) in [5, 5.41) is 0. The van der Waals surface area contributed by atoms with Crippen LogP contribution in [-0.2, 0) is 14.3 Å². The van der Waals surface area contributed by atoms with Crippen LogP contribution in [0.2, 0.25) is 0 Å². The number of likely N-dealkylation sites (N-methyl/N-ethyl adjacent to an activating group) is 1. The van der Waals surface area contributed by atoms with Gasteiger partial charge in [-0.2, -0.15) is 0 Å². The van der Waals surface area contributed by atoms with E-state index in [4.69, 9.17) is 9.73 Å². The van der Waals surface area contributed by atoms with Gasteiger partial charge in [0.1, 0.15) is 4.53 Å². The maximum absolute atomic E-state index is 14.2. The molecule has 0 N–H and O–H groups in total. The summed E-state index contributed by atoms with van der Waals surface area (Å²) in [4.78, 5) is 47.9. The molecule has 1 aromatic heterocycles. The van der Waals surface area contributed by atoms with E-state index in [-0.39, 0.29) is 18.1 Å². The molecule has 0 bridgehead atoms. The topological polar surface area (TPSA) is 81.0 Å². The molecule has 2 aliphatic rings. The smallest absolute Gasteiger partial charge is 0.338 e. The van der Waals surface area contributed by atoms with Crippen molar-refractivity contribution >= 4 is 50.4 Å². The van der Waals surface area contributed by atoms with Gasteiger partial charge in [0.05, 0.1) is 35.2 Å². The highest BCUT2D eigenvalue weighted by molar-refractivity contribution is 9.10. The first-order chi connectivity index (χ1) is 18.7. The van der Waals surface area contributed by atoms with Gasteiger partial charge in [-0.15, -0.1) is 0 Å². The van der Waals surface area contributed by atoms with Gasteiger partial charge in [-0.05, 0) is 48.6 Å². The molecule has 202 valence electrons. The zero-order valence-corrected chi connectivity index (χ0v) is 25.0. The van der Waals surface area contributed by atoms with Crippen LogP contribution in [0.4, 0.5) is 5.69 Å². The van der Waals surface area contributed by atoms with Gasteiger partial charge in [0, 0.05) is 17.1 Å². The highest BCUT2D eigenvalue weighted by Crippen LogP contribution is 2.37. The summed E-state index contributed by atoms with van der Waals surface area (Å²) in [7, 11) is 1.70. The molecule has 1 atom stereocenters. The summed E-state index contributed by atoms with van der Waals surface area (Å²) in [6.45, 7) is 8.24. The molecular formula is C30H30BrN3O4S. The Labute approximate surface area is 239 Å². The Morgan fingerprint density at radius 2 is 1.85 bits per heavy atom. The Balaban J connectivity index is 1.84. The lowest BCUT2D eigenvalue weighted by Crippen LogP contribution is -2.41. The monoisotopic (exact) mass is 607 g/mol. The molecule has 5 rings (SSSR count). The molecule has 9 heteroatoms. The highest BCUT2D eigenvalue weighted by Gasteiger charge is 2.37. The van der Waals surface area contributed by atoms with E-state index in [0.29, 0.717) is 44.1 Å². The molecule has 0 saturated carbocycles. The molecule has 0 unspecified atom stereocenters. The number of rotatable bonds is 6. The number of fused-ring (bicyclic) bond motifs is 2. The van der Waals surface area contributed by atoms with Crippen LogP contribution in [0.1, 0.15) is 69.2 Å². The van der Waals surface area contributed by atoms with E-state index in [0.717, 1.165) is 27.7 Å². The van der Waals surface area contributed by atoms with E-state index in [1.54, 1.807) is 23.4 Å². The molecule has 1 amide bonds. The van der Waals surface area contributed by atoms with Crippen LogP contribution < -0.4 is 19.8 Å². The van der Waals surface area contributed by atoms with Crippen molar-refractivity contribution in [3.63, 3.8) is 0 Å². The number of nitrogens with zero attached hydrogens (tertiary/aromatic N) is 3. The summed E-state index contributed by atoms with van der Waals surface area (Å²) in [6, 6.07) is 12.9. The number of allylic oxidation sites excluding steroid dienone is 1. The molecule has 2 aliphatic heterocycles. The van der Waals surface area contributed by atoms with Crippen molar-refractivity contribution in [1.29, 1.82) is 0 Å². The van der Waals surface area contributed by atoms with Gasteiger partial charge in [0.2, 0.25) is 0 Å². The van der Waals surface area contributed by atoms with Crippen molar-refractivity contribution in [3.05, 3.63) is 94.6 Å². The third-order valence-electron chi connectivity index (χ3n) is 7.12. The fraction of sp³-hybridized carbons (Fsp3) is 0.333. The summed E-state index contributed by atoms with van der Waals surface area (Å²) in [5.74, 6) is -0.389. The number of amides is 1. The summed E-state index contributed by atoms with van der Waals surface area (Å²) in [5.41, 5.74) is 4.38. The molecule has 0 radical (unpaired) electrons. The zero-order chi connectivity index (χ0) is 28.0. The lowest BCUT2D eigenvalue weighted by atomic mass is 9.92. The van der Waals surface area contributed by atoms with E-state index in [9.17, 15) is 14.4 Å². The van der Waals surface area contributed by atoms with E-state index in [1.165, 1.54) is 11.3 Å². The quantitative estimate of drug-likeness (QED) is 0.377. The molecular weight excluding hydrogens is 578 g/mol. The Kier molecular flexibility index (Phi) is 7.48. The van der Waals surface area contributed by atoms with Gasteiger partial charge in [0.15, 0.2) is 4.80 Å². The van der Waals surface area contributed by atoms with E-state index in [1.807, 2.05) is 49.4 Å². The zero-order valence-electron chi connectivity index (χ0n) is 22.6. The Hall–Kier alpha value is -3.30. The second-order valence-electron chi connectivity index (χ2n) is 9.96. The van der Waals surface area contributed by atoms with Gasteiger partial charge >= 0.3 is 5.97 Å². The average molecular weight is 609 g/mol. The minimum absolute atomic E-state index is 0.210.